The summed E-state index contributed by atoms with van der Waals surface area (Å²) in [5.41, 5.74) is 8.19. The van der Waals surface area contributed by atoms with Crippen LogP contribution < -0.4 is 11.1 Å². The maximum Gasteiger partial charge on any atom is 0.169 e. The molecule has 3 N–H and O–H groups in total. The largest absolute Gasteiger partial charge is 0.381 e. The van der Waals surface area contributed by atoms with Gasteiger partial charge in [0.1, 0.15) is 0 Å². The lowest BCUT2D eigenvalue weighted by Gasteiger charge is -2.16. The zero-order chi connectivity index (χ0) is 13.3. The summed E-state index contributed by atoms with van der Waals surface area (Å²) >= 11 is 0. The van der Waals surface area contributed by atoms with Gasteiger partial charge in [-0.05, 0) is 36.8 Å². The number of nitrogens with one attached hydrogen (secondary N) is 1. The van der Waals surface area contributed by atoms with Crippen LogP contribution in [0.5, 0.6) is 0 Å². The summed E-state index contributed by atoms with van der Waals surface area (Å²) < 4.78 is 0. The van der Waals surface area contributed by atoms with Crippen LogP contribution in [0.3, 0.4) is 0 Å². The van der Waals surface area contributed by atoms with Gasteiger partial charge in [0.2, 0.25) is 0 Å². The Hall–Kier alpha value is -1.84. The maximum atomic E-state index is 5.97. The van der Waals surface area contributed by atoms with E-state index in [9.17, 15) is 0 Å². The van der Waals surface area contributed by atoms with E-state index in [0.29, 0.717) is 11.2 Å². The molecule has 1 aromatic carbocycles. The van der Waals surface area contributed by atoms with Crippen LogP contribution in [-0.2, 0) is 0 Å². The third kappa shape index (κ3) is 2.48. The second kappa shape index (κ2) is 4.68. The molecular formula is C15H20N4. The number of benzene rings is 1. The predicted molar refractivity (Wildman–Crippen MR) is 79.0 cm³/mol. The highest BCUT2D eigenvalue weighted by Crippen LogP contribution is 2.49. The van der Waals surface area contributed by atoms with Gasteiger partial charge in [0.05, 0.1) is 11.0 Å². The summed E-state index contributed by atoms with van der Waals surface area (Å²) in [6, 6.07) is 7.81. The Morgan fingerprint density at radius 3 is 2.53 bits per heavy atom. The summed E-state index contributed by atoms with van der Waals surface area (Å²) in [7, 11) is 0. The zero-order valence-electron chi connectivity index (χ0n) is 11.3. The van der Waals surface area contributed by atoms with Crippen molar-refractivity contribution in [3.63, 3.8) is 0 Å². The quantitative estimate of drug-likeness (QED) is 0.862. The first-order valence-electron chi connectivity index (χ1n) is 6.99. The average Bonchev–Trinajstić information content (AvgIpc) is 3.17. The topological polar surface area (TPSA) is 63.8 Å². The van der Waals surface area contributed by atoms with Gasteiger partial charge >= 0.3 is 0 Å². The molecule has 0 amide bonds. The number of fused-ring (bicyclic) bond motifs is 1. The Labute approximate surface area is 113 Å². The van der Waals surface area contributed by atoms with Gasteiger partial charge in [-0.2, -0.15) is 0 Å². The fourth-order valence-electron chi connectivity index (χ4n) is 2.64. The first kappa shape index (κ1) is 12.2. The van der Waals surface area contributed by atoms with Crippen molar-refractivity contribution >= 4 is 22.7 Å². The molecular weight excluding hydrogens is 236 g/mol. The molecule has 0 bridgehead atoms. The smallest absolute Gasteiger partial charge is 0.169 e. The molecule has 3 rings (SSSR count). The molecule has 0 unspecified atom stereocenters. The lowest BCUT2D eigenvalue weighted by Crippen LogP contribution is -2.17. The van der Waals surface area contributed by atoms with Crippen molar-refractivity contribution in [2.45, 2.75) is 32.6 Å². The van der Waals surface area contributed by atoms with E-state index in [1.54, 1.807) is 0 Å². The third-order valence-electron chi connectivity index (χ3n) is 3.97. The van der Waals surface area contributed by atoms with Crippen molar-refractivity contribution in [1.29, 1.82) is 0 Å². The number of hydrogen-bond acceptors (Lipinski definition) is 4. The summed E-state index contributed by atoms with van der Waals surface area (Å²) in [6.45, 7) is 3.20. The number of hydrogen-bond donors (Lipinski definition) is 2. The van der Waals surface area contributed by atoms with Crippen molar-refractivity contribution in [3.05, 3.63) is 24.3 Å². The van der Waals surface area contributed by atoms with Gasteiger partial charge < -0.3 is 11.1 Å². The normalized spacial score (nSPS) is 16.5. The second-order valence-electron chi connectivity index (χ2n) is 5.55. The first-order valence-corrected chi connectivity index (χ1v) is 6.99. The average molecular weight is 256 g/mol. The van der Waals surface area contributed by atoms with Crippen LogP contribution in [0.4, 0.5) is 11.6 Å². The molecule has 1 heterocycles. The molecule has 1 fully saturated rings. The lowest BCUT2D eigenvalue weighted by atomic mass is 10.0. The molecule has 0 saturated heterocycles. The van der Waals surface area contributed by atoms with E-state index in [1.165, 1.54) is 25.7 Å². The monoisotopic (exact) mass is 256 g/mol. The molecule has 1 aromatic heterocycles. The summed E-state index contributed by atoms with van der Waals surface area (Å²) in [5, 5.41) is 3.39. The fourth-order valence-corrected chi connectivity index (χ4v) is 2.64. The van der Waals surface area contributed by atoms with Crippen molar-refractivity contribution < 1.29 is 0 Å². The highest BCUT2D eigenvalue weighted by Gasteiger charge is 2.41. The number of para-hydroxylation sites is 2. The van der Waals surface area contributed by atoms with Crippen LogP contribution in [0.25, 0.3) is 11.0 Å². The first-order chi connectivity index (χ1) is 9.22. The fraction of sp³-hybridized carbons (Fsp3) is 0.467. The molecule has 19 heavy (non-hydrogen) atoms. The van der Waals surface area contributed by atoms with E-state index in [2.05, 4.69) is 22.2 Å². The second-order valence-corrected chi connectivity index (χ2v) is 5.55. The lowest BCUT2D eigenvalue weighted by molar-refractivity contribution is 0.485. The summed E-state index contributed by atoms with van der Waals surface area (Å²) in [4.78, 5) is 8.96. The van der Waals surface area contributed by atoms with E-state index in [-0.39, 0.29) is 0 Å². The van der Waals surface area contributed by atoms with Crippen LogP contribution in [0.15, 0.2) is 24.3 Å². The minimum absolute atomic E-state index is 0.481. The van der Waals surface area contributed by atoms with Gasteiger partial charge in [-0.1, -0.05) is 25.5 Å². The molecule has 0 aliphatic heterocycles. The number of anilines is 2. The van der Waals surface area contributed by atoms with Crippen LogP contribution >= 0.6 is 0 Å². The van der Waals surface area contributed by atoms with Crippen LogP contribution in [0.2, 0.25) is 0 Å². The molecule has 1 aliphatic carbocycles. The van der Waals surface area contributed by atoms with Crippen molar-refractivity contribution in [2.75, 3.05) is 17.6 Å². The van der Waals surface area contributed by atoms with E-state index < -0.39 is 0 Å². The van der Waals surface area contributed by atoms with E-state index in [4.69, 9.17) is 5.73 Å². The Balaban J connectivity index is 1.79. The van der Waals surface area contributed by atoms with Crippen LogP contribution in [0.1, 0.15) is 32.6 Å². The molecule has 100 valence electrons. The number of aromatic nitrogens is 2. The van der Waals surface area contributed by atoms with E-state index in [1.807, 2.05) is 24.3 Å². The third-order valence-corrected chi connectivity index (χ3v) is 3.97. The molecule has 4 nitrogen and oxygen atoms in total. The predicted octanol–water partition coefficient (Wildman–Crippen LogP) is 3.20. The molecule has 0 atom stereocenters. The molecule has 0 spiro atoms. The summed E-state index contributed by atoms with van der Waals surface area (Å²) in [5.74, 6) is 1.21. The van der Waals surface area contributed by atoms with Gasteiger partial charge in [0, 0.05) is 6.54 Å². The highest BCUT2D eigenvalue weighted by atomic mass is 15.1. The number of nitrogens with zero attached hydrogens (tertiary/aromatic N) is 2. The van der Waals surface area contributed by atoms with Crippen LogP contribution in [-0.4, -0.2) is 16.5 Å². The molecule has 4 heteroatoms. The van der Waals surface area contributed by atoms with E-state index in [0.717, 1.165) is 23.4 Å². The zero-order valence-corrected chi connectivity index (χ0v) is 11.3. The van der Waals surface area contributed by atoms with Crippen molar-refractivity contribution in [3.8, 4) is 0 Å². The van der Waals surface area contributed by atoms with Crippen molar-refractivity contribution in [1.82, 2.24) is 9.97 Å². The molecule has 2 aromatic rings. The number of nitrogens with two attached hydrogens (primary N) is 1. The Morgan fingerprint density at radius 1 is 1.21 bits per heavy atom. The Morgan fingerprint density at radius 2 is 1.89 bits per heavy atom. The maximum absolute atomic E-state index is 5.97. The molecule has 1 saturated carbocycles. The van der Waals surface area contributed by atoms with Crippen LogP contribution in [0, 0.1) is 5.41 Å². The van der Waals surface area contributed by atoms with Gasteiger partial charge in [0.15, 0.2) is 11.6 Å². The standard InChI is InChI=1S/C15H20N4/c1-2-7-15(8-9-15)10-17-14-13(16)18-11-5-3-4-6-12(11)19-14/h3-6H,2,7-10H2,1H3,(H2,16,18)(H,17,19). The van der Waals surface area contributed by atoms with Gasteiger partial charge in [-0.15, -0.1) is 0 Å². The minimum Gasteiger partial charge on any atom is -0.381 e. The SMILES string of the molecule is CCCC1(CNc2nc3ccccc3nc2N)CC1. The molecule has 1 aliphatic rings. The Bertz CT molecular complexity index is 590. The van der Waals surface area contributed by atoms with Gasteiger partial charge in [0.25, 0.3) is 0 Å². The number of rotatable bonds is 5. The van der Waals surface area contributed by atoms with Gasteiger partial charge in [-0.25, -0.2) is 9.97 Å². The Kier molecular flexibility index (Phi) is 3.01. The summed E-state index contributed by atoms with van der Waals surface area (Å²) in [6.07, 6.45) is 5.14. The van der Waals surface area contributed by atoms with Crippen molar-refractivity contribution in [2.24, 2.45) is 5.41 Å². The number of nitrogen functional groups attached to an aromatic ring is 1. The minimum atomic E-state index is 0.481. The van der Waals surface area contributed by atoms with E-state index >= 15 is 0 Å². The van der Waals surface area contributed by atoms with Gasteiger partial charge in [-0.3, -0.25) is 0 Å². The molecule has 0 radical (unpaired) electrons. The highest BCUT2D eigenvalue weighted by molar-refractivity contribution is 5.79.